The molecule has 0 bridgehead atoms. The number of nitro benzene ring substituents is 1. The number of benzene rings is 2. The average Bonchev–Trinajstić information content (AvgIpc) is 2.46. The fourth-order valence-corrected chi connectivity index (χ4v) is 2.11. The maximum absolute atomic E-state index is 10.7. The number of hydrogen-bond donors (Lipinski definition) is 1. The maximum atomic E-state index is 10.7. The normalized spacial score (nSPS) is 12.0. The van der Waals surface area contributed by atoms with E-state index in [4.69, 9.17) is 22.1 Å². The van der Waals surface area contributed by atoms with E-state index in [2.05, 4.69) is 0 Å². The fourth-order valence-electron chi connectivity index (χ4n) is 1.93. The molecule has 21 heavy (non-hydrogen) atoms. The maximum Gasteiger partial charge on any atom is 0.269 e. The van der Waals surface area contributed by atoms with Gasteiger partial charge in [-0.2, -0.15) is 0 Å². The van der Waals surface area contributed by atoms with Gasteiger partial charge in [-0.25, -0.2) is 0 Å². The van der Waals surface area contributed by atoms with Crippen molar-refractivity contribution in [3.05, 3.63) is 68.7 Å². The molecule has 0 aliphatic rings. The van der Waals surface area contributed by atoms with Crippen molar-refractivity contribution in [2.24, 2.45) is 5.73 Å². The predicted octanol–water partition coefficient (Wildman–Crippen LogP) is 3.85. The Hall–Kier alpha value is -2.11. The molecule has 0 heterocycles. The molecule has 5 nitrogen and oxygen atoms in total. The molecule has 110 valence electrons. The molecule has 0 unspecified atom stereocenters. The summed E-state index contributed by atoms with van der Waals surface area (Å²) in [7, 11) is 0. The molecule has 2 N–H and O–H groups in total. The topological polar surface area (TPSA) is 78.4 Å². The number of nitro groups is 1. The summed E-state index contributed by atoms with van der Waals surface area (Å²) >= 11 is 5.95. The molecule has 0 amide bonds. The molecule has 0 saturated carbocycles. The highest BCUT2D eigenvalue weighted by Gasteiger charge is 2.10. The van der Waals surface area contributed by atoms with Gasteiger partial charge in [0.2, 0.25) is 0 Å². The Morgan fingerprint density at radius 3 is 2.76 bits per heavy atom. The van der Waals surface area contributed by atoms with Crippen molar-refractivity contribution < 1.29 is 9.66 Å². The predicted molar refractivity (Wildman–Crippen MR) is 81.5 cm³/mol. The summed E-state index contributed by atoms with van der Waals surface area (Å²) in [5, 5.41) is 11.3. The molecule has 0 fully saturated rings. The lowest BCUT2D eigenvalue weighted by molar-refractivity contribution is -0.384. The highest BCUT2D eigenvalue weighted by Crippen LogP contribution is 2.28. The summed E-state index contributed by atoms with van der Waals surface area (Å²) in [6.07, 6.45) is 0. The molecule has 2 aromatic carbocycles. The van der Waals surface area contributed by atoms with Gasteiger partial charge in [-0.15, -0.1) is 0 Å². The molecule has 0 aliphatic heterocycles. The first kappa shape index (κ1) is 15.3. The summed E-state index contributed by atoms with van der Waals surface area (Å²) < 4.78 is 5.71. The van der Waals surface area contributed by atoms with E-state index < -0.39 is 4.92 Å². The van der Waals surface area contributed by atoms with Gasteiger partial charge < -0.3 is 10.5 Å². The first-order valence-corrected chi connectivity index (χ1v) is 6.76. The van der Waals surface area contributed by atoms with E-state index in [-0.39, 0.29) is 18.3 Å². The minimum absolute atomic E-state index is 0.0413. The van der Waals surface area contributed by atoms with Crippen LogP contribution in [0, 0.1) is 10.1 Å². The largest absolute Gasteiger partial charge is 0.489 e. The Kier molecular flexibility index (Phi) is 4.77. The zero-order chi connectivity index (χ0) is 15.4. The lowest BCUT2D eigenvalue weighted by atomic mass is 10.1. The molecule has 2 aromatic rings. The first-order chi connectivity index (χ1) is 9.97. The number of hydrogen-bond acceptors (Lipinski definition) is 4. The molecule has 0 saturated heterocycles. The van der Waals surface area contributed by atoms with Crippen LogP contribution in [0.4, 0.5) is 5.69 Å². The molecule has 0 spiro atoms. The minimum atomic E-state index is -0.431. The van der Waals surface area contributed by atoms with Gasteiger partial charge in [-0.3, -0.25) is 10.1 Å². The van der Waals surface area contributed by atoms with Gasteiger partial charge in [0, 0.05) is 28.8 Å². The summed E-state index contributed by atoms with van der Waals surface area (Å²) in [5.74, 6) is 0.626. The minimum Gasteiger partial charge on any atom is -0.489 e. The second-order valence-electron chi connectivity index (χ2n) is 4.69. The van der Waals surface area contributed by atoms with Crippen molar-refractivity contribution in [2.75, 3.05) is 0 Å². The molecule has 0 aromatic heterocycles. The molecule has 6 heteroatoms. The third-order valence-electron chi connectivity index (χ3n) is 2.98. The van der Waals surface area contributed by atoms with E-state index in [1.165, 1.54) is 12.1 Å². The van der Waals surface area contributed by atoms with Crippen LogP contribution in [0.15, 0.2) is 42.5 Å². The van der Waals surface area contributed by atoms with Gasteiger partial charge in [0.15, 0.2) is 0 Å². The number of nitrogens with two attached hydrogens (primary N) is 1. The highest BCUT2D eigenvalue weighted by atomic mass is 35.5. The molecule has 0 aliphatic carbocycles. The van der Waals surface area contributed by atoms with Crippen LogP contribution in [0.25, 0.3) is 0 Å². The lowest BCUT2D eigenvalue weighted by Crippen LogP contribution is -2.08. The van der Waals surface area contributed by atoms with Crippen LogP contribution in [0.2, 0.25) is 5.02 Å². The van der Waals surface area contributed by atoms with Crippen LogP contribution in [0.3, 0.4) is 0 Å². The van der Waals surface area contributed by atoms with Crippen LogP contribution in [0.1, 0.15) is 24.1 Å². The van der Waals surface area contributed by atoms with Crippen LogP contribution >= 0.6 is 11.6 Å². The number of halogens is 1. The highest BCUT2D eigenvalue weighted by molar-refractivity contribution is 6.30. The third kappa shape index (κ3) is 3.93. The Labute approximate surface area is 127 Å². The molecule has 0 radical (unpaired) electrons. The van der Waals surface area contributed by atoms with Crippen LogP contribution in [0.5, 0.6) is 5.75 Å². The SMILES string of the molecule is C[C@@H](N)c1cc(Cl)ccc1OCc1cccc([N+](=O)[O-])c1. The summed E-state index contributed by atoms with van der Waals surface area (Å²) in [6.45, 7) is 2.06. The Balaban J connectivity index is 2.16. The number of non-ortho nitro benzene ring substituents is 1. The van der Waals surface area contributed by atoms with Gasteiger partial charge in [0.1, 0.15) is 12.4 Å². The Morgan fingerprint density at radius 1 is 1.33 bits per heavy atom. The van der Waals surface area contributed by atoms with E-state index in [1.807, 2.05) is 6.92 Å². The fraction of sp³-hybridized carbons (Fsp3) is 0.200. The third-order valence-corrected chi connectivity index (χ3v) is 3.21. The van der Waals surface area contributed by atoms with E-state index >= 15 is 0 Å². The number of nitrogens with zero attached hydrogens (tertiary/aromatic N) is 1. The van der Waals surface area contributed by atoms with Crippen molar-refractivity contribution >= 4 is 17.3 Å². The Morgan fingerprint density at radius 2 is 2.10 bits per heavy atom. The quantitative estimate of drug-likeness (QED) is 0.672. The second-order valence-corrected chi connectivity index (χ2v) is 5.12. The molecule has 2 rings (SSSR count). The van der Waals surface area contributed by atoms with E-state index in [9.17, 15) is 10.1 Å². The van der Waals surface area contributed by atoms with Crippen molar-refractivity contribution in [1.29, 1.82) is 0 Å². The zero-order valence-electron chi connectivity index (χ0n) is 11.5. The van der Waals surface area contributed by atoms with Gasteiger partial charge in [0.05, 0.1) is 4.92 Å². The summed E-state index contributed by atoms with van der Waals surface area (Å²) in [4.78, 5) is 10.3. The summed E-state index contributed by atoms with van der Waals surface area (Å²) in [6, 6.07) is 11.3. The second kappa shape index (κ2) is 6.56. The number of rotatable bonds is 5. The monoisotopic (exact) mass is 306 g/mol. The van der Waals surface area contributed by atoms with Crippen molar-refractivity contribution in [3.63, 3.8) is 0 Å². The van der Waals surface area contributed by atoms with E-state index in [0.717, 1.165) is 11.1 Å². The smallest absolute Gasteiger partial charge is 0.269 e. The van der Waals surface area contributed by atoms with Crippen molar-refractivity contribution in [1.82, 2.24) is 0 Å². The van der Waals surface area contributed by atoms with Gasteiger partial charge in [-0.1, -0.05) is 23.7 Å². The zero-order valence-corrected chi connectivity index (χ0v) is 12.2. The molecular weight excluding hydrogens is 292 g/mol. The molecular formula is C15H15ClN2O3. The van der Waals surface area contributed by atoms with Gasteiger partial charge >= 0.3 is 0 Å². The average molecular weight is 307 g/mol. The van der Waals surface area contributed by atoms with Crippen LogP contribution in [-0.2, 0) is 6.61 Å². The molecule has 1 atom stereocenters. The first-order valence-electron chi connectivity index (χ1n) is 6.38. The standard InChI is InChI=1S/C15H15ClN2O3/c1-10(17)14-8-12(16)5-6-15(14)21-9-11-3-2-4-13(7-11)18(19)20/h2-8,10H,9,17H2,1H3/t10-/m1/s1. The lowest BCUT2D eigenvalue weighted by Gasteiger charge is -2.14. The van der Waals surface area contributed by atoms with Crippen molar-refractivity contribution in [3.8, 4) is 5.75 Å². The van der Waals surface area contributed by atoms with Crippen molar-refractivity contribution in [2.45, 2.75) is 19.6 Å². The van der Waals surface area contributed by atoms with E-state index in [0.29, 0.717) is 10.8 Å². The van der Waals surface area contributed by atoms with Crippen LogP contribution < -0.4 is 10.5 Å². The van der Waals surface area contributed by atoms with Crippen LogP contribution in [-0.4, -0.2) is 4.92 Å². The summed E-state index contributed by atoms with van der Waals surface area (Å²) in [5.41, 5.74) is 7.45. The number of ether oxygens (including phenoxy) is 1. The van der Waals surface area contributed by atoms with Gasteiger partial charge in [0.25, 0.3) is 5.69 Å². The van der Waals surface area contributed by atoms with Gasteiger partial charge in [-0.05, 0) is 30.7 Å². The van der Waals surface area contributed by atoms with E-state index in [1.54, 1.807) is 30.3 Å². The Bertz CT molecular complexity index is 659.